The first-order valence-electron chi connectivity index (χ1n) is 6.68. The molecule has 0 aliphatic heterocycles. The van der Waals surface area contributed by atoms with Crippen LogP contribution < -0.4 is 10.0 Å². The largest absolute Gasteiger partial charge is 0.455 e. The van der Waals surface area contributed by atoms with Crippen molar-refractivity contribution in [2.45, 2.75) is 25.7 Å². The molecule has 0 fully saturated rings. The Bertz CT molecular complexity index is 668. The van der Waals surface area contributed by atoms with Gasteiger partial charge in [0.2, 0.25) is 10.0 Å². The number of anilines is 1. The number of hydrogen-bond acceptors (Lipinski definition) is 5. The fraction of sp³-hybridized carbons (Fsp3) is 0.429. The molecule has 7 nitrogen and oxygen atoms in total. The second-order valence-electron chi connectivity index (χ2n) is 5.00. The van der Waals surface area contributed by atoms with Crippen molar-refractivity contribution in [2.24, 2.45) is 5.92 Å². The van der Waals surface area contributed by atoms with Crippen LogP contribution in [0.5, 0.6) is 0 Å². The summed E-state index contributed by atoms with van der Waals surface area (Å²) in [7, 11) is -2.30. The fourth-order valence-corrected chi connectivity index (χ4v) is 2.57. The van der Waals surface area contributed by atoms with Crippen LogP contribution >= 0.6 is 0 Å². The van der Waals surface area contributed by atoms with Crippen molar-refractivity contribution < 1.29 is 22.7 Å². The average molecular weight is 328 g/mol. The maximum absolute atomic E-state index is 11.9. The second-order valence-corrected chi connectivity index (χ2v) is 6.85. The van der Waals surface area contributed by atoms with E-state index in [1.165, 1.54) is 13.1 Å². The van der Waals surface area contributed by atoms with Gasteiger partial charge in [0.25, 0.3) is 5.91 Å². The number of carbonyl (C=O) groups is 2. The van der Waals surface area contributed by atoms with Crippen LogP contribution in [0.3, 0.4) is 0 Å². The number of nitrogens with one attached hydrogen (secondary N) is 2. The summed E-state index contributed by atoms with van der Waals surface area (Å²) >= 11 is 0. The lowest BCUT2D eigenvalue weighted by atomic mass is 10.2. The highest BCUT2D eigenvalue weighted by atomic mass is 32.2. The molecule has 0 unspecified atom stereocenters. The van der Waals surface area contributed by atoms with E-state index in [0.717, 1.165) is 0 Å². The first-order valence-corrected chi connectivity index (χ1v) is 8.16. The van der Waals surface area contributed by atoms with Crippen LogP contribution in [0.15, 0.2) is 23.1 Å². The van der Waals surface area contributed by atoms with E-state index < -0.39 is 28.5 Å². The monoisotopic (exact) mass is 328 g/mol. The number of rotatable bonds is 6. The predicted molar refractivity (Wildman–Crippen MR) is 81.9 cm³/mol. The summed E-state index contributed by atoms with van der Waals surface area (Å²) in [5.41, 5.74) is 0.864. The van der Waals surface area contributed by atoms with Crippen LogP contribution in [-0.4, -0.2) is 33.9 Å². The van der Waals surface area contributed by atoms with Crippen LogP contribution in [0.25, 0.3) is 0 Å². The Kier molecular flexibility index (Phi) is 6.07. The third-order valence-corrected chi connectivity index (χ3v) is 4.40. The lowest BCUT2D eigenvalue weighted by Gasteiger charge is -2.11. The standard InChI is InChI=1S/C14H20N2O5S/c1-9(2)14(18)21-8-13(17)16-11-6-5-10(3)12(7-11)22(19,20)15-4/h5-7,9,15H,8H2,1-4H3,(H,16,17). The highest BCUT2D eigenvalue weighted by Crippen LogP contribution is 2.19. The number of ether oxygens (including phenoxy) is 1. The van der Waals surface area contributed by atoms with Gasteiger partial charge in [-0.25, -0.2) is 13.1 Å². The number of benzene rings is 1. The molecule has 122 valence electrons. The first kappa shape index (κ1) is 18.1. The molecule has 1 aromatic carbocycles. The molecule has 0 radical (unpaired) electrons. The molecule has 1 aromatic rings. The SMILES string of the molecule is CNS(=O)(=O)c1cc(NC(=O)COC(=O)C(C)C)ccc1C. The second kappa shape index (κ2) is 7.37. The minimum absolute atomic E-state index is 0.0759. The van der Waals surface area contributed by atoms with Gasteiger partial charge in [0.05, 0.1) is 10.8 Å². The van der Waals surface area contributed by atoms with Crippen LogP contribution in [0, 0.1) is 12.8 Å². The van der Waals surface area contributed by atoms with Gasteiger partial charge in [-0.2, -0.15) is 0 Å². The molecule has 0 aromatic heterocycles. The summed E-state index contributed by atoms with van der Waals surface area (Å²) in [6, 6.07) is 4.51. The Labute approximate surface area is 130 Å². The number of aryl methyl sites for hydroxylation is 1. The van der Waals surface area contributed by atoms with Gasteiger partial charge in [-0.05, 0) is 31.7 Å². The van der Waals surface area contributed by atoms with Crippen molar-refractivity contribution in [3.8, 4) is 0 Å². The molecule has 22 heavy (non-hydrogen) atoms. The van der Waals surface area contributed by atoms with Crippen molar-refractivity contribution in [2.75, 3.05) is 19.0 Å². The number of carbonyl (C=O) groups excluding carboxylic acids is 2. The number of hydrogen-bond donors (Lipinski definition) is 2. The van der Waals surface area contributed by atoms with Gasteiger partial charge in [-0.3, -0.25) is 9.59 Å². The number of amides is 1. The van der Waals surface area contributed by atoms with Crippen molar-refractivity contribution in [1.82, 2.24) is 4.72 Å². The summed E-state index contributed by atoms with van der Waals surface area (Å²) in [5, 5.41) is 2.49. The number of esters is 1. The highest BCUT2D eigenvalue weighted by molar-refractivity contribution is 7.89. The van der Waals surface area contributed by atoms with Crippen molar-refractivity contribution in [3.63, 3.8) is 0 Å². The molecule has 0 aliphatic carbocycles. The minimum Gasteiger partial charge on any atom is -0.455 e. The van der Waals surface area contributed by atoms with Gasteiger partial charge in [0, 0.05) is 5.69 Å². The fourth-order valence-electron chi connectivity index (χ4n) is 1.58. The lowest BCUT2D eigenvalue weighted by Crippen LogP contribution is -2.23. The first-order chi connectivity index (χ1) is 10.2. The molecule has 0 bridgehead atoms. The molecule has 8 heteroatoms. The molecule has 0 saturated carbocycles. The van der Waals surface area contributed by atoms with Crippen LogP contribution in [-0.2, 0) is 24.3 Å². The zero-order valence-electron chi connectivity index (χ0n) is 13.0. The van der Waals surface area contributed by atoms with E-state index in [4.69, 9.17) is 4.74 Å². The summed E-state index contributed by atoms with van der Waals surface area (Å²) in [4.78, 5) is 23.1. The van der Waals surface area contributed by atoms with Gasteiger partial charge >= 0.3 is 5.97 Å². The lowest BCUT2D eigenvalue weighted by molar-refractivity contribution is -0.150. The Morgan fingerprint density at radius 2 is 1.91 bits per heavy atom. The molecule has 0 heterocycles. The van der Waals surface area contributed by atoms with E-state index in [1.54, 1.807) is 32.9 Å². The van der Waals surface area contributed by atoms with E-state index in [-0.39, 0.29) is 10.8 Å². The van der Waals surface area contributed by atoms with Gasteiger partial charge in [-0.1, -0.05) is 19.9 Å². The average Bonchev–Trinajstić information content (AvgIpc) is 2.46. The highest BCUT2D eigenvalue weighted by Gasteiger charge is 2.16. The molecular weight excluding hydrogens is 308 g/mol. The van der Waals surface area contributed by atoms with E-state index >= 15 is 0 Å². The van der Waals surface area contributed by atoms with Crippen LogP contribution in [0.2, 0.25) is 0 Å². The normalized spacial score (nSPS) is 11.3. The topological polar surface area (TPSA) is 102 Å². The van der Waals surface area contributed by atoms with Gasteiger partial charge < -0.3 is 10.1 Å². The summed E-state index contributed by atoms with van der Waals surface area (Å²) < 4.78 is 30.7. The molecule has 2 N–H and O–H groups in total. The van der Waals surface area contributed by atoms with E-state index in [0.29, 0.717) is 11.3 Å². The Morgan fingerprint density at radius 1 is 1.27 bits per heavy atom. The zero-order chi connectivity index (χ0) is 16.9. The van der Waals surface area contributed by atoms with Crippen LogP contribution in [0.4, 0.5) is 5.69 Å². The van der Waals surface area contributed by atoms with Crippen molar-refractivity contribution in [1.29, 1.82) is 0 Å². The maximum Gasteiger partial charge on any atom is 0.308 e. The minimum atomic E-state index is -3.61. The third-order valence-electron chi connectivity index (χ3n) is 2.85. The summed E-state index contributed by atoms with van der Waals surface area (Å²) in [5.74, 6) is -1.33. The molecule has 1 amide bonds. The number of sulfonamides is 1. The van der Waals surface area contributed by atoms with E-state index in [1.807, 2.05) is 0 Å². The molecule has 0 spiro atoms. The molecular formula is C14H20N2O5S. The quantitative estimate of drug-likeness (QED) is 0.760. The van der Waals surface area contributed by atoms with Crippen LogP contribution in [0.1, 0.15) is 19.4 Å². The predicted octanol–water partition coefficient (Wildman–Crippen LogP) is 1.04. The Balaban J connectivity index is 2.81. The maximum atomic E-state index is 11.9. The van der Waals surface area contributed by atoms with E-state index in [9.17, 15) is 18.0 Å². The zero-order valence-corrected chi connectivity index (χ0v) is 13.8. The molecule has 1 rings (SSSR count). The Hall–Kier alpha value is -1.93. The molecule has 0 aliphatic rings. The molecule has 0 saturated heterocycles. The summed E-state index contributed by atoms with van der Waals surface area (Å²) in [6.45, 7) is 4.56. The van der Waals surface area contributed by atoms with Gasteiger partial charge in [-0.15, -0.1) is 0 Å². The third kappa shape index (κ3) is 4.81. The van der Waals surface area contributed by atoms with Gasteiger partial charge in [0.15, 0.2) is 6.61 Å². The van der Waals surface area contributed by atoms with E-state index in [2.05, 4.69) is 10.0 Å². The summed E-state index contributed by atoms with van der Waals surface area (Å²) in [6.07, 6.45) is 0. The molecule has 0 atom stereocenters. The Morgan fingerprint density at radius 3 is 2.45 bits per heavy atom. The smallest absolute Gasteiger partial charge is 0.308 e. The van der Waals surface area contributed by atoms with Crippen molar-refractivity contribution >= 4 is 27.6 Å². The van der Waals surface area contributed by atoms with Gasteiger partial charge in [0.1, 0.15) is 0 Å². The van der Waals surface area contributed by atoms with Crippen molar-refractivity contribution in [3.05, 3.63) is 23.8 Å².